The van der Waals surface area contributed by atoms with E-state index < -0.39 is 10.0 Å². The lowest BCUT2D eigenvalue weighted by molar-refractivity contribution is 0.254. The van der Waals surface area contributed by atoms with Crippen LogP contribution in [-0.4, -0.2) is 48.5 Å². The number of aromatic nitrogens is 2. The molecule has 7 heteroatoms. The molecular weight excluding hydrogens is 288 g/mol. The zero-order chi connectivity index (χ0) is 15.6. The van der Waals surface area contributed by atoms with Gasteiger partial charge in [0.25, 0.3) is 10.0 Å². The maximum Gasteiger partial charge on any atom is 0.262 e. The van der Waals surface area contributed by atoms with Crippen LogP contribution < -0.4 is 5.32 Å². The molecule has 1 aromatic heterocycles. The minimum atomic E-state index is -3.49. The highest BCUT2D eigenvalue weighted by molar-refractivity contribution is 7.89. The van der Waals surface area contributed by atoms with Crippen LogP contribution in [0.25, 0.3) is 0 Å². The maximum absolute atomic E-state index is 12.7. The first-order valence-electron chi connectivity index (χ1n) is 7.59. The van der Waals surface area contributed by atoms with Crippen molar-refractivity contribution in [2.24, 2.45) is 0 Å². The van der Waals surface area contributed by atoms with E-state index in [-0.39, 0.29) is 11.1 Å². The van der Waals surface area contributed by atoms with Crippen molar-refractivity contribution < 1.29 is 8.42 Å². The Kier molecular flexibility index (Phi) is 5.06. The SMILES string of the molecule is CCn1cc(S(=O)(=O)N(C)C2CCC(NC)CC2)nc1C. The molecule has 0 aromatic carbocycles. The van der Waals surface area contributed by atoms with E-state index in [4.69, 9.17) is 0 Å². The van der Waals surface area contributed by atoms with Crippen LogP contribution in [0.4, 0.5) is 0 Å². The zero-order valence-corrected chi connectivity index (χ0v) is 14.2. The highest BCUT2D eigenvalue weighted by Crippen LogP contribution is 2.26. The highest BCUT2D eigenvalue weighted by Gasteiger charge is 2.32. The van der Waals surface area contributed by atoms with Gasteiger partial charge in [-0.15, -0.1) is 0 Å². The predicted molar refractivity (Wildman–Crippen MR) is 82.7 cm³/mol. The predicted octanol–water partition coefficient (Wildman–Crippen LogP) is 1.36. The lowest BCUT2D eigenvalue weighted by Gasteiger charge is -2.33. The van der Waals surface area contributed by atoms with E-state index in [9.17, 15) is 8.42 Å². The Morgan fingerprint density at radius 1 is 1.38 bits per heavy atom. The monoisotopic (exact) mass is 314 g/mol. The first-order chi connectivity index (χ1) is 9.90. The van der Waals surface area contributed by atoms with Crippen LogP contribution in [0.5, 0.6) is 0 Å². The average molecular weight is 314 g/mol. The topological polar surface area (TPSA) is 67.2 Å². The molecule has 6 nitrogen and oxygen atoms in total. The molecule has 2 rings (SSSR count). The number of imidazole rings is 1. The van der Waals surface area contributed by atoms with Crippen LogP contribution in [0.15, 0.2) is 11.2 Å². The van der Waals surface area contributed by atoms with Crippen molar-refractivity contribution in [2.75, 3.05) is 14.1 Å². The standard InChI is InChI=1S/C14H26N4O2S/c1-5-18-10-14(16-11(18)2)21(19,20)17(4)13-8-6-12(15-3)7-9-13/h10,12-13,15H,5-9H2,1-4H3. The van der Waals surface area contributed by atoms with Gasteiger partial charge in [0.15, 0.2) is 5.03 Å². The first-order valence-corrected chi connectivity index (χ1v) is 9.03. The summed E-state index contributed by atoms with van der Waals surface area (Å²) in [5.41, 5.74) is 0. The minimum Gasteiger partial charge on any atom is -0.334 e. The molecule has 0 unspecified atom stereocenters. The van der Waals surface area contributed by atoms with Crippen LogP contribution in [0, 0.1) is 6.92 Å². The van der Waals surface area contributed by atoms with Crippen LogP contribution in [0.2, 0.25) is 0 Å². The van der Waals surface area contributed by atoms with Gasteiger partial charge in [0.1, 0.15) is 5.82 Å². The molecule has 1 heterocycles. The zero-order valence-electron chi connectivity index (χ0n) is 13.3. The fourth-order valence-corrected chi connectivity index (χ4v) is 4.40. The maximum atomic E-state index is 12.7. The van der Waals surface area contributed by atoms with Crippen molar-refractivity contribution in [3.8, 4) is 0 Å². The first kappa shape index (κ1) is 16.5. The molecular formula is C14H26N4O2S. The van der Waals surface area contributed by atoms with Crippen LogP contribution in [0.1, 0.15) is 38.4 Å². The van der Waals surface area contributed by atoms with Gasteiger partial charge in [0, 0.05) is 31.9 Å². The van der Waals surface area contributed by atoms with E-state index in [1.165, 1.54) is 4.31 Å². The van der Waals surface area contributed by atoms with E-state index in [0.717, 1.165) is 38.1 Å². The second-order valence-electron chi connectivity index (χ2n) is 5.73. The molecule has 1 aliphatic carbocycles. The number of nitrogens with one attached hydrogen (secondary N) is 1. The Balaban J connectivity index is 2.15. The molecule has 1 aromatic rings. The third-order valence-electron chi connectivity index (χ3n) is 4.56. The fourth-order valence-electron chi connectivity index (χ4n) is 3.00. The summed E-state index contributed by atoms with van der Waals surface area (Å²) in [5, 5.41) is 3.44. The lowest BCUT2D eigenvalue weighted by atomic mass is 9.91. The molecule has 1 fully saturated rings. The largest absolute Gasteiger partial charge is 0.334 e. The van der Waals surface area contributed by atoms with Crippen molar-refractivity contribution in [3.63, 3.8) is 0 Å². The molecule has 1 N–H and O–H groups in total. The Hall–Kier alpha value is -0.920. The van der Waals surface area contributed by atoms with Gasteiger partial charge in [-0.1, -0.05) is 0 Å². The molecule has 0 radical (unpaired) electrons. The van der Waals surface area contributed by atoms with Crippen molar-refractivity contribution >= 4 is 10.0 Å². The van der Waals surface area contributed by atoms with Gasteiger partial charge < -0.3 is 9.88 Å². The number of sulfonamides is 1. The summed E-state index contributed by atoms with van der Waals surface area (Å²) in [4.78, 5) is 4.22. The number of rotatable bonds is 5. The second-order valence-corrected chi connectivity index (χ2v) is 7.67. The number of hydrogen-bond donors (Lipinski definition) is 1. The van der Waals surface area contributed by atoms with Gasteiger partial charge in [-0.25, -0.2) is 13.4 Å². The number of aryl methyl sites for hydroxylation is 2. The van der Waals surface area contributed by atoms with Gasteiger partial charge in [0.2, 0.25) is 0 Å². The van der Waals surface area contributed by atoms with Crippen molar-refractivity contribution in [2.45, 2.75) is 63.2 Å². The van der Waals surface area contributed by atoms with Gasteiger partial charge in [-0.3, -0.25) is 0 Å². The van der Waals surface area contributed by atoms with E-state index in [1.54, 1.807) is 13.2 Å². The summed E-state index contributed by atoms with van der Waals surface area (Å²) in [7, 11) is 0.151. The van der Waals surface area contributed by atoms with E-state index in [1.807, 2.05) is 25.5 Å². The summed E-state index contributed by atoms with van der Waals surface area (Å²) in [6, 6.07) is 0.589. The molecule has 0 amide bonds. The summed E-state index contributed by atoms with van der Waals surface area (Å²) < 4.78 is 28.8. The number of hydrogen-bond acceptors (Lipinski definition) is 4. The quantitative estimate of drug-likeness (QED) is 0.891. The van der Waals surface area contributed by atoms with Crippen molar-refractivity contribution in [1.82, 2.24) is 19.2 Å². The molecule has 120 valence electrons. The average Bonchev–Trinajstić information content (AvgIpc) is 2.88. The molecule has 0 atom stereocenters. The molecule has 0 bridgehead atoms. The van der Waals surface area contributed by atoms with Gasteiger partial charge in [0.05, 0.1) is 0 Å². The van der Waals surface area contributed by atoms with E-state index >= 15 is 0 Å². The Morgan fingerprint density at radius 2 is 2.00 bits per heavy atom. The minimum absolute atomic E-state index is 0.0756. The fraction of sp³-hybridized carbons (Fsp3) is 0.786. The highest BCUT2D eigenvalue weighted by atomic mass is 32.2. The van der Waals surface area contributed by atoms with E-state index in [2.05, 4.69) is 10.3 Å². The molecule has 0 saturated heterocycles. The summed E-state index contributed by atoms with van der Waals surface area (Å²) in [5.74, 6) is 0.739. The summed E-state index contributed by atoms with van der Waals surface area (Å²) >= 11 is 0. The van der Waals surface area contributed by atoms with Gasteiger partial charge in [-0.2, -0.15) is 4.31 Å². The Bertz CT molecular complexity index is 574. The summed E-state index contributed by atoms with van der Waals surface area (Å²) in [6.45, 7) is 4.54. The number of nitrogens with zero attached hydrogens (tertiary/aromatic N) is 3. The third kappa shape index (κ3) is 3.30. The van der Waals surface area contributed by atoms with Crippen molar-refractivity contribution in [3.05, 3.63) is 12.0 Å². The van der Waals surface area contributed by atoms with Crippen LogP contribution in [0.3, 0.4) is 0 Å². The summed E-state index contributed by atoms with van der Waals surface area (Å²) in [6.07, 6.45) is 5.47. The van der Waals surface area contributed by atoms with Gasteiger partial charge >= 0.3 is 0 Å². The molecule has 0 aliphatic heterocycles. The van der Waals surface area contributed by atoms with Crippen LogP contribution in [-0.2, 0) is 16.6 Å². The normalized spacial score (nSPS) is 23.7. The van der Waals surface area contributed by atoms with Crippen LogP contribution >= 0.6 is 0 Å². The molecule has 1 saturated carbocycles. The smallest absolute Gasteiger partial charge is 0.262 e. The Morgan fingerprint density at radius 3 is 2.48 bits per heavy atom. The van der Waals surface area contributed by atoms with E-state index in [0.29, 0.717) is 6.04 Å². The molecule has 0 spiro atoms. The molecule has 1 aliphatic rings. The second kappa shape index (κ2) is 6.46. The molecule has 21 heavy (non-hydrogen) atoms. The lowest BCUT2D eigenvalue weighted by Crippen LogP contribution is -2.42. The van der Waals surface area contributed by atoms with Gasteiger partial charge in [-0.05, 0) is 46.6 Å². The Labute approximate surface area is 127 Å². The third-order valence-corrected chi connectivity index (χ3v) is 6.34. The van der Waals surface area contributed by atoms with Crippen molar-refractivity contribution in [1.29, 1.82) is 0 Å².